The Labute approximate surface area is 89.0 Å². The maximum atomic E-state index is 12.7. The van der Waals surface area contributed by atoms with Crippen molar-refractivity contribution < 1.29 is 17.6 Å². The highest BCUT2D eigenvalue weighted by Gasteiger charge is 2.28. The first kappa shape index (κ1) is 12.1. The van der Waals surface area contributed by atoms with Crippen molar-refractivity contribution in [2.45, 2.75) is 5.51 Å². The lowest BCUT2D eigenvalue weighted by atomic mass is 10.1. The van der Waals surface area contributed by atoms with E-state index in [-0.39, 0.29) is 23.1 Å². The van der Waals surface area contributed by atoms with Crippen molar-refractivity contribution in [1.82, 2.24) is 0 Å². The van der Waals surface area contributed by atoms with E-state index in [2.05, 4.69) is 6.58 Å². The molecule has 0 amide bonds. The minimum Gasteiger partial charge on any atom is -0.207 e. The van der Waals surface area contributed by atoms with Crippen LogP contribution >= 0.6 is 11.8 Å². The van der Waals surface area contributed by atoms with Crippen LogP contribution in [0.3, 0.4) is 0 Å². The number of rotatable bonds is 3. The van der Waals surface area contributed by atoms with Crippen LogP contribution in [0.5, 0.6) is 0 Å². The largest absolute Gasteiger partial charge is 0.442 e. The molecule has 1 aromatic rings. The Morgan fingerprint density at radius 2 is 2.00 bits per heavy atom. The third kappa shape index (κ3) is 4.38. The molecule has 0 nitrogen and oxygen atoms in total. The van der Waals surface area contributed by atoms with Crippen molar-refractivity contribution in [3.05, 3.63) is 42.2 Å². The molecule has 0 aromatic heterocycles. The van der Waals surface area contributed by atoms with E-state index >= 15 is 0 Å². The second kappa shape index (κ2) is 4.70. The van der Waals surface area contributed by atoms with E-state index in [1.54, 1.807) is 0 Å². The minimum atomic E-state index is -4.28. The van der Waals surface area contributed by atoms with Crippen LogP contribution < -0.4 is 0 Å². The number of hydrogen-bond donors (Lipinski definition) is 0. The molecule has 0 aliphatic carbocycles. The van der Waals surface area contributed by atoms with Crippen molar-refractivity contribution in [3.8, 4) is 0 Å². The molecular formula is C10H8F4S. The van der Waals surface area contributed by atoms with E-state index in [1.165, 1.54) is 24.3 Å². The van der Waals surface area contributed by atoms with Crippen LogP contribution in [0.2, 0.25) is 0 Å². The molecule has 0 bridgehead atoms. The standard InChI is InChI=1S/C10H8F4S/c1-7(6-15-10(12,13)14)8-3-2-4-9(11)5-8/h2-5H,1,6H2. The molecule has 0 heterocycles. The van der Waals surface area contributed by atoms with Crippen LogP contribution in [0.1, 0.15) is 5.56 Å². The van der Waals surface area contributed by atoms with Gasteiger partial charge in [-0.3, -0.25) is 0 Å². The maximum absolute atomic E-state index is 12.7. The summed E-state index contributed by atoms with van der Waals surface area (Å²) in [6, 6.07) is 5.36. The fraction of sp³-hybridized carbons (Fsp3) is 0.200. The Hall–Kier alpha value is -0.970. The molecule has 0 saturated carbocycles. The summed E-state index contributed by atoms with van der Waals surface area (Å²) in [5.41, 5.74) is -3.63. The van der Waals surface area contributed by atoms with Crippen LogP contribution in [-0.2, 0) is 0 Å². The Morgan fingerprint density at radius 3 is 2.53 bits per heavy atom. The van der Waals surface area contributed by atoms with Gasteiger partial charge >= 0.3 is 5.51 Å². The lowest BCUT2D eigenvalue weighted by Crippen LogP contribution is -2.02. The monoisotopic (exact) mass is 236 g/mol. The molecule has 0 atom stereocenters. The third-order valence-electron chi connectivity index (χ3n) is 1.64. The zero-order valence-electron chi connectivity index (χ0n) is 7.64. The molecule has 15 heavy (non-hydrogen) atoms. The molecule has 1 aromatic carbocycles. The Morgan fingerprint density at radius 1 is 1.33 bits per heavy atom. The predicted octanol–water partition coefficient (Wildman–Crippen LogP) is 4.09. The highest BCUT2D eigenvalue weighted by atomic mass is 32.2. The molecule has 0 aliphatic rings. The van der Waals surface area contributed by atoms with Gasteiger partial charge < -0.3 is 0 Å². The van der Waals surface area contributed by atoms with E-state index in [1.807, 2.05) is 0 Å². The highest BCUT2D eigenvalue weighted by Crippen LogP contribution is 2.33. The average molecular weight is 236 g/mol. The Kier molecular flexibility index (Phi) is 3.79. The summed E-state index contributed by atoms with van der Waals surface area (Å²) in [5.74, 6) is -0.766. The van der Waals surface area contributed by atoms with Gasteiger partial charge in [0.25, 0.3) is 0 Å². The van der Waals surface area contributed by atoms with Gasteiger partial charge in [0.1, 0.15) is 5.82 Å². The summed E-state index contributed by atoms with van der Waals surface area (Å²) in [7, 11) is 0. The summed E-state index contributed by atoms with van der Waals surface area (Å²) < 4.78 is 48.3. The molecule has 0 spiro atoms. The van der Waals surface area contributed by atoms with Gasteiger partial charge in [-0.2, -0.15) is 13.2 Å². The molecule has 5 heteroatoms. The molecule has 0 fully saturated rings. The van der Waals surface area contributed by atoms with Crippen LogP contribution in [0.15, 0.2) is 30.8 Å². The van der Waals surface area contributed by atoms with Gasteiger partial charge in [0.05, 0.1) is 0 Å². The normalized spacial score (nSPS) is 11.5. The first-order chi connectivity index (χ1) is 6.88. The first-order valence-electron chi connectivity index (χ1n) is 4.03. The predicted molar refractivity (Wildman–Crippen MR) is 53.9 cm³/mol. The number of thioether (sulfide) groups is 1. The second-order valence-corrected chi connectivity index (χ2v) is 3.89. The summed E-state index contributed by atoms with van der Waals surface area (Å²) in [6.07, 6.45) is 0. The lowest BCUT2D eigenvalue weighted by Gasteiger charge is -2.08. The molecule has 0 N–H and O–H groups in total. The summed E-state index contributed by atoms with van der Waals surface area (Å²) in [6.45, 7) is 3.48. The van der Waals surface area contributed by atoms with Crippen LogP contribution in [0.25, 0.3) is 5.57 Å². The quantitative estimate of drug-likeness (QED) is 0.712. The second-order valence-electron chi connectivity index (χ2n) is 2.85. The van der Waals surface area contributed by atoms with E-state index < -0.39 is 11.3 Å². The molecule has 0 aliphatic heterocycles. The number of benzene rings is 1. The average Bonchev–Trinajstić information content (AvgIpc) is 2.13. The smallest absolute Gasteiger partial charge is 0.207 e. The zero-order chi connectivity index (χ0) is 11.5. The fourth-order valence-electron chi connectivity index (χ4n) is 0.961. The molecule has 0 unspecified atom stereocenters. The van der Waals surface area contributed by atoms with Crippen LogP contribution in [0.4, 0.5) is 17.6 Å². The summed E-state index contributed by atoms with van der Waals surface area (Å²) in [5, 5.41) is 0. The SMILES string of the molecule is C=C(CSC(F)(F)F)c1cccc(F)c1. The van der Waals surface area contributed by atoms with Crippen molar-refractivity contribution in [1.29, 1.82) is 0 Å². The van der Waals surface area contributed by atoms with Gasteiger partial charge in [0.15, 0.2) is 0 Å². The number of hydrogen-bond acceptors (Lipinski definition) is 1. The third-order valence-corrected chi connectivity index (χ3v) is 2.46. The summed E-state index contributed by atoms with van der Waals surface area (Å²) in [4.78, 5) is 0. The van der Waals surface area contributed by atoms with Crippen LogP contribution in [-0.4, -0.2) is 11.3 Å². The van der Waals surface area contributed by atoms with Gasteiger partial charge in [-0.15, -0.1) is 0 Å². The molecule has 82 valence electrons. The van der Waals surface area contributed by atoms with E-state index in [9.17, 15) is 17.6 Å². The number of alkyl halides is 3. The highest BCUT2D eigenvalue weighted by molar-refractivity contribution is 8.00. The van der Waals surface area contributed by atoms with Gasteiger partial charge in [-0.25, -0.2) is 4.39 Å². The van der Waals surface area contributed by atoms with Crippen molar-refractivity contribution in [2.24, 2.45) is 0 Å². The van der Waals surface area contributed by atoms with Gasteiger partial charge in [0, 0.05) is 5.75 Å². The molecular weight excluding hydrogens is 228 g/mol. The van der Waals surface area contributed by atoms with Crippen molar-refractivity contribution >= 4 is 17.3 Å². The molecule has 0 radical (unpaired) electrons. The first-order valence-corrected chi connectivity index (χ1v) is 5.01. The minimum absolute atomic E-state index is 0.180. The van der Waals surface area contributed by atoms with Crippen molar-refractivity contribution in [2.75, 3.05) is 5.75 Å². The fourth-order valence-corrected chi connectivity index (χ4v) is 1.47. The zero-order valence-corrected chi connectivity index (χ0v) is 8.46. The topological polar surface area (TPSA) is 0 Å². The van der Waals surface area contributed by atoms with Crippen molar-refractivity contribution in [3.63, 3.8) is 0 Å². The number of halogens is 4. The van der Waals surface area contributed by atoms with Gasteiger partial charge in [-0.1, -0.05) is 18.7 Å². The molecule has 0 saturated heterocycles. The molecule has 1 rings (SSSR count). The van der Waals surface area contributed by atoms with Crippen LogP contribution in [0, 0.1) is 5.82 Å². The van der Waals surface area contributed by atoms with Gasteiger partial charge in [-0.05, 0) is 35.0 Å². The Balaban J connectivity index is 2.62. The lowest BCUT2D eigenvalue weighted by molar-refractivity contribution is -0.0325. The van der Waals surface area contributed by atoms with E-state index in [0.29, 0.717) is 5.56 Å². The van der Waals surface area contributed by atoms with E-state index in [0.717, 1.165) is 0 Å². The summed E-state index contributed by atoms with van der Waals surface area (Å²) >= 11 is -0.180. The maximum Gasteiger partial charge on any atom is 0.442 e. The van der Waals surface area contributed by atoms with Gasteiger partial charge in [0.2, 0.25) is 0 Å². The van der Waals surface area contributed by atoms with E-state index in [4.69, 9.17) is 0 Å². The Bertz CT molecular complexity index is 357.